The first-order chi connectivity index (χ1) is 9.49. The number of para-hydroxylation sites is 1. The predicted octanol–water partition coefficient (Wildman–Crippen LogP) is 4.29. The van der Waals surface area contributed by atoms with Gasteiger partial charge in [0.05, 0.1) is 0 Å². The predicted molar refractivity (Wildman–Crippen MR) is 88.0 cm³/mol. The molecular weight excluding hydrogens is 244 g/mol. The maximum atomic E-state index is 4.30. The Morgan fingerprint density at radius 1 is 1.20 bits per heavy atom. The number of hydrogen-bond acceptors (Lipinski definition) is 1. The highest BCUT2D eigenvalue weighted by Crippen LogP contribution is 2.22. The first kappa shape index (κ1) is 14.9. The van der Waals surface area contributed by atoms with Gasteiger partial charge in [-0.05, 0) is 24.0 Å². The largest absolute Gasteiger partial charge is 0.361 e. The van der Waals surface area contributed by atoms with Crippen LogP contribution in [-0.4, -0.2) is 17.1 Å². The fourth-order valence-corrected chi connectivity index (χ4v) is 2.62. The normalized spacial score (nSPS) is 13.3. The van der Waals surface area contributed by atoms with Crippen molar-refractivity contribution < 1.29 is 0 Å². The zero-order valence-electron chi connectivity index (χ0n) is 13.0. The van der Waals surface area contributed by atoms with Gasteiger partial charge in [0.15, 0.2) is 0 Å². The molecule has 0 amide bonds. The quantitative estimate of drug-likeness (QED) is 0.753. The van der Waals surface area contributed by atoms with Crippen LogP contribution >= 0.6 is 0 Å². The van der Waals surface area contributed by atoms with Gasteiger partial charge >= 0.3 is 0 Å². The Morgan fingerprint density at radius 2 is 1.90 bits per heavy atom. The second-order valence-electron chi connectivity index (χ2n) is 6.17. The molecule has 0 spiro atoms. The molecule has 0 aliphatic rings. The van der Waals surface area contributed by atoms with Gasteiger partial charge in [0, 0.05) is 29.2 Å². The highest BCUT2D eigenvalue weighted by molar-refractivity contribution is 5.83. The molecule has 1 aromatic carbocycles. The Kier molecular flexibility index (Phi) is 4.66. The maximum absolute atomic E-state index is 4.30. The minimum absolute atomic E-state index is 0.328. The lowest BCUT2D eigenvalue weighted by Crippen LogP contribution is -2.38. The van der Waals surface area contributed by atoms with E-state index < -0.39 is 0 Å². The molecule has 0 saturated heterocycles. The summed E-state index contributed by atoms with van der Waals surface area (Å²) in [7, 11) is 0. The number of hydrogen-bond donors (Lipinski definition) is 2. The minimum Gasteiger partial charge on any atom is -0.361 e. The molecule has 108 valence electrons. The summed E-state index contributed by atoms with van der Waals surface area (Å²) in [6.45, 7) is 13.1. The van der Waals surface area contributed by atoms with Crippen molar-refractivity contribution in [2.75, 3.05) is 0 Å². The van der Waals surface area contributed by atoms with Gasteiger partial charge < -0.3 is 10.3 Å². The molecule has 2 rings (SSSR count). The summed E-state index contributed by atoms with van der Waals surface area (Å²) in [4.78, 5) is 3.36. The zero-order valence-corrected chi connectivity index (χ0v) is 13.0. The van der Waals surface area contributed by atoms with Crippen molar-refractivity contribution in [3.05, 3.63) is 48.2 Å². The van der Waals surface area contributed by atoms with Crippen LogP contribution in [0.25, 0.3) is 10.9 Å². The molecule has 2 heteroatoms. The molecule has 0 fully saturated rings. The standard InChI is InChI=1S/C18H26N2/c1-12(2)14(5)18(20-13(3)4)10-15-11-19-17-9-7-6-8-16(15)17/h6-9,11-13,18-20H,5,10H2,1-4H3. The van der Waals surface area contributed by atoms with Gasteiger partial charge in [-0.2, -0.15) is 0 Å². The van der Waals surface area contributed by atoms with Crippen molar-refractivity contribution >= 4 is 10.9 Å². The Bertz CT molecular complexity index is 578. The van der Waals surface area contributed by atoms with Crippen LogP contribution in [0, 0.1) is 5.92 Å². The van der Waals surface area contributed by atoms with Gasteiger partial charge in [0.25, 0.3) is 0 Å². The number of nitrogens with one attached hydrogen (secondary N) is 2. The van der Waals surface area contributed by atoms with E-state index in [1.807, 2.05) is 0 Å². The molecule has 0 aliphatic carbocycles. The summed E-state index contributed by atoms with van der Waals surface area (Å²) >= 11 is 0. The number of H-pyrrole nitrogens is 1. The molecule has 2 aromatic rings. The van der Waals surface area contributed by atoms with Gasteiger partial charge in [-0.15, -0.1) is 0 Å². The van der Waals surface area contributed by atoms with Crippen molar-refractivity contribution in [3.63, 3.8) is 0 Å². The van der Waals surface area contributed by atoms with E-state index in [4.69, 9.17) is 0 Å². The first-order valence-corrected chi connectivity index (χ1v) is 7.48. The van der Waals surface area contributed by atoms with Gasteiger partial charge in [-0.1, -0.05) is 58.0 Å². The Morgan fingerprint density at radius 3 is 2.55 bits per heavy atom. The van der Waals surface area contributed by atoms with Crippen LogP contribution in [0.1, 0.15) is 33.3 Å². The molecule has 2 N–H and O–H groups in total. The molecule has 1 atom stereocenters. The van der Waals surface area contributed by atoms with Crippen molar-refractivity contribution in [2.24, 2.45) is 5.92 Å². The lowest BCUT2D eigenvalue weighted by atomic mass is 9.92. The molecule has 0 aliphatic heterocycles. The molecule has 0 saturated carbocycles. The van der Waals surface area contributed by atoms with Gasteiger partial charge in [-0.3, -0.25) is 0 Å². The number of benzene rings is 1. The summed E-state index contributed by atoms with van der Waals surface area (Å²) in [6, 6.07) is 9.27. The minimum atomic E-state index is 0.328. The Labute approximate surface area is 122 Å². The summed E-state index contributed by atoms with van der Waals surface area (Å²) in [6.07, 6.45) is 3.12. The van der Waals surface area contributed by atoms with Crippen molar-refractivity contribution in [1.82, 2.24) is 10.3 Å². The van der Waals surface area contributed by atoms with Crippen LogP contribution in [0.5, 0.6) is 0 Å². The van der Waals surface area contributed by atoms with Crippen molar-refractivity contribution in [2.45, 2.75) is 46.2 Å². The highest BCUT2D eigenvalue weighted by Gasteiger charge is 2.18. The van der Waals surface area contributed by atoms with E-state index in [2.05, 4.69) is 75.0 Å². The van der Waals surface area contributed by atoms with Gasteiger partial charge in [0.1, 0.15) is 0 Å². The fraction of sp³-hybridized carbons (Fsp3) is 0.444. The smallest absolute Gasteiger partial charge is 0.0456 e. The van der Waals surface area contributed by atoms with Crippen LogP contribution in [0.2, 0.25) is 0 Å². The van der Waals surface area contributed by atoms with Crippen molar-refractivity contribution in [1.29, 1.82) is 0 Å². The topological polar surface area (TPSA) is 27.8 Å². The van der Waals surface area contributed by atoms with Crippen LogP contribution in [-0.2, 0) is 6.42 Å². The van der Waals surface area contributed by atoms with E-state index in [0.29, 0.717) is 18.0 Å². The number of aromatic nitrogens is 1. The molecule has 1 heterocycles. The zero-order chi connectivity index (χ0) is 14.7. The van der Waals surface area contributed by atoms with E-state index in [9.17, 15) is 0 Å². The van der Waals surface area contributed by atoms with Crippen LogP contribution in [0.4, 0.5) is 0 Å². The molecule has 2 nitrogen and oxygen atoms in total. The third kappa shape index (κ3) is 3.31. The van der Waals surface area contributed by atoms with E-state index in [-0.39, 0.29) is 0 Å². The molecule has 0 bridgehead atoms. The monoisotopic (exact) mass is 270 g/mol. The lowest BCUT2D eigenvalue weighted by molar-refractivity contribution is 0.476. The summed E-state index contributed by atoms with van der Waals surface area (Å²) in [5.74, 6) is 0.497. The molecule has 0 radical (unpaired) electrons. The average Bonchev–Trinajstić information content (AvgIpc) is 2.80. The molecule has 20 heavy (non-hydrogen) atoms. The summed E-state index contributed by atoms with van der Waals surface area (Å²) < 4.78 is 0. The first-order valence-electron chi connectivity index (χ1n) is 7.48. The van der Waals surface area contributed by atoms with Crippen molar-refractivity contribution in [3.8, 4) is 0 Å². The summed E-state index contributed by atoms with van der Waals surface area (Å²) in [5.41, 5.74) is 3.85. The third-order valence-electron chi connectivity index (χ3n) is 3.82. The summed E-state index contributed by atoms with van der Waals surface area (Å²) in [5, 5.41) is 4.97. The van der Waals surface area contributed by atoms with E-state index in [0.717, 1.165) is 6.42 Å². The molecule has 1 unspecified atom stereocenters. The van der Waals surface area contributed by atoms with Gasteiger partial charge in [-0.25, -0.2) is 0 Å². The van der Waals surface area contributed by atoms with Crippen LogP contribution in [0.3, 0.4) is 0 Å². The average molecular weight is 270 g/mol. The van der Waals surface area contributed by atoms with Gasteiger partial charge in [0.2, 0.25) is 0 Å². The molecular formula is C18H26N2. The number of fused-ring (bicyclic) bond motifs is 1. The maximum Gasteiger partial charge on any atom is 0.0456 e. The number of aromatic amines is 1. The second kappa shape index (κ2) is 6.27. The Balaban J connectivity index is 2.25. The number of rotatable bonds is 6. The second-order valence-corrected chi connectivity index (χ2v) is 6.17. The van der Waals surface area contributed by atoms with E-state index in [1.165, 1.54) is 22.0 Å². The van der Waals surface area contributed by atoms with Crippen LogP contribution < -0.4 is 5.32 Å². The van der Waals surface area contributed by atoms with E-state index >= 15 is 0 Å². The van der Waals surface area contributed by atoms with Crippen LogP contribution in [0.15, 0.2) is 42.6 Å². The third-order valence-corrected chi connectivity index (χ3v) is 3.82. The highest BCUT2D eigenvalue weighted by atomic mass is 14.9. The Hall–Kier alpha value is -1.54. The van der Waals surface area contributed by atoms with E-state index in [1.54, 1.807) is 0 Å². The molecule has 1 aromatic heterocycles. The lowest BCUT2D eigenvalue weighted by Gasteiger charge is -2.25. The fourth-order valence-electron chi connectivity index (χ4n) is 2.62. The SMILES string of the molecule is C=C(C(C)C)C(Cc1c[nH]c2ccccc12)NC(C)C.